The Hall–Kier alpha value is -0.330. The molecule has 0 aromatic rings. The van der Waals surface area contributed by atoms with Crippen LogP contribution in [-0.4, -0.2) is 30.6 Å². The summed E-state index contributed by atoms with van der Waals surface area (Å²) in [6, 6.07) is 0. The Balaban J connectivity index is 2.73. The maximum absolute atomic E-state index is 11.6. The Morgan fingerprint density at radius 1 is 1.40 bits per heavy atom. The van der Waals surface area contributed by atoms with Crippen LogP contribution in [0.4, 0.5) is 0 Å². The normalized spacial score (nSPS) is 29.9. The molecular formula is C10H15IO4. The molecule has 0 radical (unpaired) electrons. The molecule has 4 nitrogen and oxygen atoms in total. The highest BCUT2D eigenvalue weighted by Crippen LogP contribution is 2.44. The molecule has 0 amide bonds. The first-order valence-corrected chi connectivity index (χ1v) is 6.34. The van der Waals surface area contributed by atoms with E-state index in [0.29, 0.717) is 23.7 Å². The maximum atomic E-state index is 11.6. The molecule has 0 spiro atoms. The van der Waals surface area contributed by atoms with Crippen molar-refractivity contribution in [2.24, 2.45) is 11.3 Å². The fraction of sp³-hybridized carbons (Fsp3) is 0.800. The lowest BCUT2D eigenvalue weighted by Crippen LogP contribution is -2.32. The van der Waals surface area contributed by atoms with Gasteiger partial charge in [-0.1, -0.05) is 22.6 Å². The summed E-state index contributed by atoms with van der Waals surface area (Å²) in [5, 5.41) is 0. The van der Waals surface area contributed by atoms with E-state index in [9.17, 15) is 9.59 Å². The van der Waals surface area contributed by atoms with Crippen LogP contribution in [0.5, 0.6) is 0 Å². The van der Waals surface area contributed by atoms with Gasteiger partial charge < -0.3 is 9.47 Å². The van der Waals surface area contributed by atoms with Crippen molar-refractivity contribution in [3.05, 3.63) is 0 Å². The predicted octanol–water partition coefficient (Wildman–Crippen LogP) is 1.55. The number of hydrogen-bond acceptors (Lipinski definition) is 4. The SMILES string of the molecule is COC(=O)C1CCC(CI)(C(=O)OC)C1. The molecule has 0 heterocycles. The Bertz CT molecular complexity index is 266. The first-order valence-electron chi connectivity index (χ1n) is 4.82. The van der Waals surface area contributed by atoms with Crippen molar-refractivity contribution in [3.8, 4) is 0 Å². The highest BCUT2D eigenvalue weighted by molar-refractivity contribution is 14.1. The Labute approximate surface area is 103 Å². The second kappa shape index (κ2) is 5.14. The van der Waals surface area contributed by atoms with Gasteiger partial charge in [0.2, 0.25) is 0 Å². The van der Waals surface area contributed by atoms with Crippen molar-refractivity contribution < 1.29 is 19.1 Å². The molecule has 1 fully saturated rings. The van der Waals surface area contributed by atoms with Gasteiger partial charge in [-0.3, -0.25) is 9.59 Å². The Morgan fingerprint density at radius 2 is 2.07 bits per heavy atom. The van der Waals surface area contributed by atoms with Crippen molar-refractivity contribution >= 4 is 34.5 Å². The topological polar surface area (TPSA) is 52.6 Å². The van der Waals surface area contributed by atoms with Crippen LogP contribution in [0.2, 0.25) is 0 Å². The van der Waals surface area contributed by atoms with Gasteiger partial charge in [0.25, 0.3) is 0 Å². The molecule has 5 heteroatoms. The summed E-state index contributed by atoms with van der Waals surface area (Å²) in [5.41, 5.74) is -0.478. The van der Waals surface area contributed by atoms with Crippen molar-refractivity contribution in [3.63, 3.8) is 0 Å². The molecule has 0 aliphatic heterocycles. The van der Waals surface area contributed by atoms with Crippen LogP contribution in [-0.2, 0) is 19.1 Å². The third kappa shape index (κ3) is 2.43. The zero-order valence-corrected chi connectivity index (χ0v) is 11.1. The van der Waals surface area contributed by atoms with E-state index in [1.807, 2.05) is 0 Å². The minimum atomic E-state index is -0.478. The lowest BCUT2D eigenvalue weighted by Gasteiger charge is -2.23. The summed E-state index contributed by atoms with van der Waals surface area (Å²) in [4.78, 5) is 23.0. The number of ether oxygens (including phenoxy) is 2. The van der Waals surface area contributed by atoms with Gasteiger partial charge in [-0.15, -0.1) is 0 Å². The molecule has 0 N–H and O–H groups in total. The first-order chi connectivity index (χ1) is 7.09. The van der Waals surface area contributed by atoms with E-state index >= 15 is 0 Å². The zero-order valence-electron chi connectivity index (χ0n) is 8.92. The number of halogens is 1. The van der Waals surface area contributed by atoms with Gasteiger partial charge in [0, 0.05) is 4.43 Å². The minimum absolute atomic E-state index is 0.149. The highest BCUT2D eigenvalue weighted by Gasteiger charge is 2.47. The summed E-state index contributed by atoms with van der Waals surface area (Å²) < 4.78 is 10.2. The van der Waals surface area contributed by atoms with Crippen LogP contribution in [0.15, 0.2) is 0 Å². The first kappa shape index (κ1) is 12.7. The fourth-order valence-corrected chi connectivity index (χ4v) is 3.08. The minimum Gasteiger partial charge on any atom is -0.469 e. The van der Waals surface area contributed by atoms with Crippen LogP contribution in [0.1, 0.15) is 19.3 Å². The van der Waals surface area contributed by atoms with Gasteiger partial charge in [0.15, 0.2) is 0 Å². The van der Waals surface area contributed by atoms with E-state index in [4.69, 9.17) is 9.47 Å². The van der Waals surface area contributed by atoms with Gasteiger partial charge in [-0.2, -0.15) is 0 Å². The van der Waals surface area contributed by atoms with Gasteiger partial charge >= 0.3 is 11.9 Å². The molecule has 1 saturated carbocycles. The number of methoxy groups -OCH3 is 2. The largest absolute Gasteiger partial charge is 0.469 e. The molecule has 2 atom stereocenters. The van der Waals surface area contributed by atoms with Crippen LogP contribution in [0.3, 0.4) is 0 Å². The average molecular weight is 326 g/mol. The molecule has 0 saturated heterocycles. The van der Waals surface area contributed by atoms with Crippen LogP contribution < -0.4 is 0 Å². The molecule has 86 valence electrons. The number of alkyl halides is 1. The lowest BCUT2D eigenvalue weighted by molar-refractivity contribution is -0.151. The second-order valence-corrected chi connectivity index (χ2v) is 4.63. The third-order valence-corrected chi connectivity index (χ3v) is 4.48. The van der Waals surface area contributed by atoms with Crippen LogP contribution in [0, 0.1) is 11.3 Å². The molecule has 2 unspecified atom stereocenters. The smallest absolute Gasteiger partial charge is 0.312 e. The van der Waals surface area contributed by atoms with E-state index in [1.54, 1.807) is 0 Å². The number of carbonyl (C=O) groups is 2. The molecule has 1 aliphatic rings. The summed E-state index contributed by atoms with van der Waals surface area (Å²) in [7, 11) is 2.77. The average Bonchev–Trinajstić information content (AvgIpc) is 2.72. The third-order valence-electron chi connectivity index (χ3n) is 3.02. The van der Waals surface area contributed by atoms with Gasteiger partial charge in [-0.05, 0) is 19.3 Å². The van der Waals surface area contributed by atoms with Crippen molar-refractivity contribution in [1.82, 2.24) is 0 Å². The number of hydrogen-bond donors (Lipinski definition) is 0. The summed E-state index contributed by atoms with van der Waals surface area (Å²) in [5.74, 6) is -0.571. The van der Waals surface area contributed by atoms with Gasteiger partial charge in [0.1, 0.15) is 0 Å². The lowest BCUT2D eigenvalue weighted by atomic mass is 9.88. The summed E-state index contributed by atoms with van der Waals surface area (Å²) >= 11 is 2.17. The molecule has 0 aromatic carbocycles. The van der Waals surface area contributed by atoms with Gasteiger partial charge in [-0.25, -0.2) is 0 Å². The summed E-state index contributed by atoms with van der Waals surface area (Å²) in [6.07, 6.45) is 1.97. The molecule has 1 aliphatic carbocycles. The van der Waals surface area contributed by atoms with E-state index in [2.05, 4.69) is 22.6 Å². The molecule has 1 rings (SSSR count). The van der Waals surface area contributed by atoms with E-state index in [0.717, 1.165) is 0 Å². The Kier molecular flexibility index (Phi) is 4.36. The second-order valence-electron chi connectivity index (χ2n) is 3.87. The zero-order chi connectivity index (χ0) is 11.5. The fourth-order valence-electron chi connectivity index (χ4n) is 2.07. The van der Waals surface area contributed by atoms with E-state index < -0.39 is 5.41 Å². The summed E-state index contributed by atoms with van der Waals surface area (Å²) in [6.45, 7) is 0. The van der Waals surface area contributed by atoms with E-state index in [1.165, 1.54) is 14.2 Å². The quantitative estimate of drug-likeness (QED) is 0.449. The van der Waals surface area contributed by atoms with E-state index in [-0.39, 0.29) is 17.9 Å². The number of carbonyl (C=O) groups excluding carboxylic acids is 2. The van der Waals surface area contributed by atoms with Crippen LogP contribution in [0.25, 0.3) is 0 Å². The molecule has 0 bridgehead atoms. The Morgan fingerprint density at radius 3 is 2.53 bits per heavy atom. The maximum Gasteiger partial charge on any atom is 0.312 e. The predicted molar refractivity (Wildman–Crippen MR) is 62.7 cm³/mol. The van der Waals surface area contributed by atoms with Gasteiger partial charge in [0.05, 0.1) is 25.6 Å². The highest BCUT2D eigenvalue weighted by atomic mass is 127. The molecule has 0 aromatic heterocycles. The molecular weight excluding hydrogens is 311 g/mol. The van der Waals surface area contributed by atoms with Crippen LogP contribution >= 0.6 is 22.6 Å². The number of esters is 2. The monoisotopic (exact) mass is 326 g/mol. The van der Waals surface area contributed by atoms with Crippen molar-refractivity contribution in [1.29, 1.82) is 0 Å². The molecule has 15 heavy (non-hydrogen) atoms. The number of rotatable bonds is 3. The standard InChI is InChI=1S/C10H15IO4/c1-14-8(12)7-3-4-10(5-7,6-11)9(13)15-2/h7H,3-6H2,1-2H3. The van der Waals surface area contributed by atoms with Crippen molar-refractivity contribution in [2.75, 3.05) is 18.6 Å². The van der Waals surface area contributed by atoms with Crippen molar-refractivity contribution in [2.45, 2.75) is 19.3 Å².